The minimum Gasteiger partial charge on any atom is -0.426 e. The monoisotopic (exact) mass is 265 g/mol. The summed E-state index contributed by atoms with van der Waals surface area (Å²) in [4.78, 5) is 7.54. The van der Waals surface area contributed by atoms with Gasteiger partial charge in [-0.15, -0.1) is 0 Å². The number of hydrogen-bond acceptors (Lipinski definition) is 3. The Kier molecular flexibility index (Phi) is 2.41. The van der Waals surface area contributed by atoms with E-state index in [9.17, 15) is 18.4 Å². The van der Waals surface area contributed by atoms with E-state index >= 15 is 0 Å². The molecule has 0 saturated carbocycles. The molecule has 0 spiro atoms. The Morgan fingerprint density at radius 1 is 1.00 bits per heavy atom. The van der Waals surface area contributed by atoms with Gasteiger partial charge in [-0.2, -0.15) is 4.73 Å². The standard InChI is InChI=1S/C12H6F3N3O/c13-7-1-6(4-16-5-7)12-17-10-2-8(14)9(15)3-11(10)18(12)19/h1-5,19H. The molecule has 0 atom stereocenters. The summed E-state index contributed by atoms with van der Waals surface area (Å²) in [5.41, 5.74) is 0.235. The molecule has 0 bridgehead atoms. The Balaban J connectivity index is 2.28. The molecule has 0 saturated heterocycles. The second-order valence-corrected chi connectivity index (χ2v) is 3.89. The maximum Gasteiger partial charge on any atom is 0.178 e. The van der Waals surface area contributed by atoms with Crippen LogP contribution < -0.4 is 0 Å². The first-order valence-electron chi connectivity index (χ1n) is 5.24. The predicted octanol–water partition coefficient (Wildman–Crippen LogP) is 2.75. The van der Waals surface area contributed by atoms with Crippen LogP contribution in [0, 0.1) is 17.5 Å². The summed E-state index contributed by atoms with van der Waals surface area (Å²) in [6.07, 6.45) is 2.27. The highest BCUT2D eigenvalue weighted by Gasteiger charge is 2.15. The number of halogens is 3. The summed E-state index contributed by atoms with van der Waals surface area (Å²) < 4.78 is 39.8. The molecule has 3 aromatic rings. The predicted molar refractivity (Wildman–Crippen MR) is 60.0 cm³/mol. The highest BCUT2D eigenvalue weighted by molar-refractivity contribution is 5.80. The van der Waals surface area contributed by atoms with E-state index in [1.807, 2.05) is 0 Å². The Morgan fingerprint density at radius 3 is 2.47 bits per heavy atom. The SMILES string of the molecule is On1c(-c2cncc(F)c2)nc2cc(F)c(F)cc21. The van der Waals surface area contributed by atoms with Gasteiger partial charge in [-0.25, -0.2) is 18.2 Å². The Morgan fingerprint density at radius 2 is 1.74 bits per heavy atom. The second kappa shape index (κ2) is 3.98. The fourth-order valence-corrected chi connectivity index (χ4v) is 1.78. The van der Waals surface area contributed by atoms with Gasteiger partial charge in [0.25, 0.3) is 0 Å². The molecule has 0 amide bonds. The molecule has 7 heteroatoms. The first kappa shape index (κ1) is 11.5. The Hall–Kier alpha value is -2.57. The number of fused-ring (bicyclic) bond motifs is 1. The third-order valence-corrected chi connectivity index (χ3v) is 2.64. The zero-order valence-electron chi connectivity index (χ0n) is 9.31. The van der Waals surface area contributed by atoms with E-state index in [4.69, 9.17) is 0 Å². The van der Waals surface area contributed by atoms with Crippen molar-refractivity contribution in [1.82, 2.24) is 14.7 Å². The van der Waals surface area contributed by atoms with Crippen LogP contribution in [0.5, 0.6) is 0 Å². The topological polar surface area (TPSA) is 50.9 Å². The number of benzene rings is 1. The lowest BCUT2D eigenvalue weighted by molar-refractivity contribution is 0.203. The van der Waals surface area contributed by atoms with Crippen molar-refractivity contribution in [1.29, 1.82) is 0 Å². The highest BCUT2D eigenvalue weighted by Crippen LogP contribution is 2.24. The molecule has 0 aliphatic carbocycles. The molecular weight excluding hydrogens is 259 g/mol. The van der Waals surface area contributed by atoms with Crippen molar-refractivity contribution in [2.24, 2.45) is 0 Å². The maximum absolute atomic E-state index is 13.1. The maximum atomic E-state index is 13.1. The van der Waals surface area contributed by atoms with Gasteiger partial charge in [-0.3, -0.25) is 4.98 Å². The highest BCUT2D eigenvalue weighted by atomic mass is 19.2. The van der Waals surface area contributed by atoms with Gasteiger partial charge >= 0.3 is 0 Å². The lowest BCUT2D eigenvalue weighted by atomic mass is 10.3. The smallest absolute Gasteiger partial charge is 0.178 e. The molecule has 0 fully saturated rings. The Bertz CT molecular complexity index is 785. The van der Waals surface area contributed by atoms with Gasteiger partial charge < -0.3 is 5.21 Å². The van der Waals surface area contributed by atoms with Gasteiger partial charge in [0.05, 0.1) is 11.7 Å². The number of aromatic nitrogens is 3. The second-order valence-electron chi connectivity index (χ2n) is 3.89. The fourth-order valence-electron chi connectivity index (χ4n) is 1.78. The Labute approximate surface area is 104 Å². The molecule has 19 heavy (non-hydrogen) atoms. The number of pyridine rings is 1. The van der Waals surface area contributed by atoms with Gasteiger partial charge in [0.1, 0.15) is 11.3 Å². The van der Waals surface area contributed by atoms with Crippen LogP contribution in [-0.4, -0.2) is 19.9 Å². The molecular formula is C12H6F3N3O. The molecule has 3 rings (SSSR count). The van der Waals surface area contributed by atoms with Crippen molar-refractivity contribution in [3.63, 3.8) is 0 Å². The molecule has 1 aromatic carbocycles. The van der Waals surface area contributed by atoms with E-state index in [2.05, 4.69) is 9.97 Å². The van der Waals surface area contributed by atoms with Crippen molar-refractivity contribution in [2.45, 2.75) is 0 Å². The van der Waals surface area contributed by atoms with E-state index in [0.29, 0.717) is 4.73 Å². The van der Waals surface area contributed by atoms with Crippen LogP contribution in [0.2, 0.25) is 0 Å². The van der Waals surface area contributed by atoms with Crippen LogP contribution in [0.3, 0.4) is 0 Å². The molecule has 0 unspecified atom stereocenters. The zero-order chi connectivity index (χ0) is 13.6. The quantitative estimate of drug-likeness (QED) is 0.688. The summed E-state index contributed by atoms with van der Waals surface area (Å²) in [6, 6.07) is 2.77. The normalized spacial score (nSPS) is 11.1. The minimum absolute atomic E-state index is 0.0156. The first-order chi connectivity index (χ1) is 9.06. The van der Waals surface area contributed by atoms with Crippen molar-refractivity contribution < 1.29 is 18.4 Å². The van der Waals surface area contributed by atoms with Crippen LogP contribution in [0.15, 0.2) is 30.6 Å². The van der Waals surface area contributed by atoms with Crippen molar-refractivity contribution in [2.75, 3.05) is 0 Å². The summed E-state index contributed by atoms with van der Waals surface area (Å²) >= 11 is 0. The van der Waals surface area contributed by atoms with E-state index in [-0.39, 0.29) is 22.4 Å². The molecule has 1 N–H and O–H groups in total. The third-order valence-electron chi connectivity index (χ3n) is 2.64. The van der Waals surface area contributed by atoms with Gasteiger partial charge in [-0.05, 0) is 6.07 Å². The summed E-state index contributed by atoms with van der Waals surface area (Å²) in [7, 11) is 0. The number of hydrogen-bond donors (Lipinski definition) is 1. The number of rotatable bonds is 1. The van der Waals surface area contributed by atoms with Gasteiger partial charge in [0.2, 0.25) is 0 Å². The van der Waals surface area contributed by atoms with E-state index in [1.165, 1.54) is 6.20 Å². The number of imidazole rings is 1. The molecule has 2 heterocycles. The van der Waals surface area contributed by atoms with Crippen molar-refractivity contribution >= 4 is 11.0 Å². The van der Waals surface area contributed by atoms with Crippen LogP contribution in [-0.2, 0) is 0 Å². The fraction of sp³-hybridized carbons (Fsp3) is 0. The van der Waals surface area contributed by atoms with Crippen LogP contribution in [0.25, 0.3) is 22.4 Å². The summed E-state index contributed by atoms with van der Waals surface area (Å²) in [5, 5.41) is 9.86. The molecule has 0 aliphatic heterocycles. The van der Waals surface area contributed by atoms with Crippen LogP contribution >= 0.6 is 0 Å². The molecule has 2 aromatic heterocycles. The average molecular weight is 265 g/mol. The van der Waals surface area contributed by atoms with Crippen molar-refractivity contribution in [3.05, 3.63) is 48.0 Å². The number of nitrogens with zero attached hydrogens (tertiary/aromatic N) is 3. The lowest BCUT2D eigenvalue weighted by Gasteiger charge is -2.00. The zero-order valence-corrected chi connectivity index (χ0v) is 9.31. The molecule has 0 aliphatic rings. The van der Waals surface area contributed by atoms with E-state index in [1.54, 1.807) is 0 Å². The molecule has 4 nitrogen and oxygen atoms in total. The van der Waals surface area contributed by atoms with Crippen LogP contribution in [0.1, 0.15) is 0 Å². The van der Waals surface area contributed by atoms with E-state index in [0.717, 1.165) is 24.4 Å². The molecule has 96 valence electrons. The van der Waals surface area contributed by atoms with Gasteiger partial charge in [-0.1, -0.05) is 0 Å². The van der Waals surface area contributed by atoms with Crippen molar-refractivity contribution in [3.8, 4) is 11.4 Å². The summed E-state index contributed by atoms with van der Waals surface area (Å²) in [6.45, 7) is 0. The first-order valence-corrected chi connectivity index (χ1v) is 5.24. The van der Waals surface area contributed by atoms with Crippen LogP contribution in [0.4, 0.5) is 13.2 Å². The van der Waals surface area contributed by atoms with Gasteiger partial charge in [0, 0.05) is 23.9 Å². The van der Waals surface area contributed by atoms with Gasteiger partial charge in [0.15, 0.2) is 17.5 Å². The largest absolute Gasteiger partial charge is 0.426 e. The lowest BCUT2D eigenvalue weighted by Crippen LogP contribution is -1.95. The minimum atomic E-state index is -1.10. The van der Waals surface area contributed by atoms with E-state index < -0.39 is 17.5 Å². The summed E-state index contributed by atoms with van der Waals surface area (Å²) in [5.74, 6) is -2.84. The average Bonchev–Trinajstić information content (AvgIpc) is 2.68. The molecule has 0 radical (unpaired) electrons. The third kappa shape index (κ3) is 1.79.